The smallest absolute Gasteiger partial charge is 0.153 e. The second kappa shape index (κ2) is 6.57. The van der Waals surface area contributed by atoms with Crippen molar-refractivity contribution in [1.82, 2.24) is 0 Å². The van der Waals surface area contributed by atoms with Crippen LogP contribution in [0.15, 0.2) is 0 Å². The zero-order chi connectivity index (χ0) is 15.7. The average Bonchev–Trinajstić information content (AvgIpc) is 2.89. The Bertz CT molecular complexity index is 550. The van der Waals surface area contributed by atoms with Gasteiger partial charge in [-0.2, -0.15) is 0 Å². The van der Waals surface area contributed by atoms with E-state index in [9.17, 15) is 16.8 Å². The van der Waals surface area contributed by atoms with Gasteiger partial charge in [-0.25, -0.2) is 16.8 Å². The molecule has 0 radical (unpaired) electrons. The van der Waals surface area contributed by atoms with Gasteiger partial charge in [0.25, 0.3) is 0 Å². The van der Waals surface area contributed by atoms with E-state index in [4.69, 9.17) is 0 Å². The van der Waals surface area contributed by atoms with Gasteiger partial charge in [-0.15, -0.1) is 0 Å². The molecule has 0 bridgehead atoms. The monoisotopic (exact) mass is 336 g/mol. The number of sulfone groups is 2. The lowest BCUT2D eigenvalue weighted by Crippen LogP contribution is -2.25. The molecule has 2 rings (SSSR count). The zero-order valence-corrected chi connectivity index (χ0v) is 14.8. The molecular formula is C15H28O4S2. The van der Waals surface area contributed by atoms with E-state index >= 15 is 0 Å². The summed E-state index contributed by atoms with van der Waals surface area (Å²) in [7, 11) is -5.72. The van der Waals surface area contributed by atoms with Crippen molar-refractivity contribution >= 4 is 19.7 Å². The third kappa shape index (κ3) is 4.21. The predicted molar refractivity (Wildman–Crippen MR) is 85.8 cm³/mol. The van der Waals surface area contributed by atoms with E-state index < -0.39 is 19.7 Å². The van der Waals surface area contributed by atoms with Crippen molar-refractivity contribution in [1.29, 1.82) is 0 Å². The topological polar surface area (TPSA) is 68.3 Å². The minimum absolute atomic E-state index is 0.155. The van der Waals surface area contributed by atoms with Crippen LogP contribution in [0.25, 0.3) is 0 Å². The van der Waals surface area contributed by atoms with Crippen LogP contribution in [0.5, 0.6) is 0 Å². The fourth-order valence-electron chi connectivity index (χ4n) is 3.88. The first-order chi connectivity index (χ1) is 9.72. The van der Waals surface area contributed by atoms with Gasteiger partial charge >= 0.3 is 0 Å². The maximum absolute atomic E-state index is 11.9. The number of hydrogen-bond acceptors (Lipinski definition) is 4. The lowest BCUT2D eigenvalue weighted by Gasteiger charge is -2.21. The van der Waals surface area contributed by atoms with Gasteiger partial charge in [0.05, 0.1) is 22.0 Å². The van der Waals surface area contributed by atoms with Gasteiger partial charge in [-0.05, 0) is 50.4 Å². The molecule has 2 heterocycles. The van der Waals surface area contributed by atoms with Gasteiger partial charge in [0.15, 0.2) is 19.7 Å². The van der Waals surface area contributed by atoms with Crippen LogP contribution in [0, 0.1) is 11.8 Å². The average molecular weight is 337 g/mol. The second-order valence-electron chi connectivity index (χ2n) is 7.07. The van der Waals surface area contributed by atoms with Gasteiger partial charge < -0.3 is 0 Å². The fraction of sp³-hybridized carbons (Fsp3) is 1.00. The van der Waals surface area contributed by atoms with Gasteiger partial charge in [-0.3, -0.25) is 0 Å². The molecular weight excluding hydrogens is 308 g/mol. The molecule has 0 spiro atoms. The molecule has 2 fully saturated rings. The van der Waals surface area contributed by atoms with Crippen LogP contribution in [0.2, 0.25) is 0 Å². The van der Waals surface area contributed by atoms with Crippen LogP contribution >= 0.6 is 0 Å². The Morgan fingerprint density at radius 1 is 0.905 bits per heavy atom. The summed E-state index contributed by atoms with van der Waals surface area (Å²) in [4.78, 5) is 0. The quantitative estimate of drug-likeness (QED) is 0.747. The van der Waals surface area contributed by atoms with Crippen molar-refractivity contribution in [2.75, 3.05) is 11.5 Å². The first-order valence-corrected chi connectivity index (χ1v) is 11.6. The van der Waals surface area contributed by atoms with Crippen LogP contribution < -0.4 is 0 Å². The maximum Gasteiger partial charge on any atom is 0.153 e. The van der Waals surface area contributed by atoms with E-state index in [-0.39, 0.29) is 16.4 Å². The molecule has 0 aliphatic carbocycles. The standard InChI is InChI=1S/C15H28O4S2/c1-12(11-14-5-3-9-20(14,16)17)7-8-13(2)15-6-4-10-21(15,18)19/h12-15H,3-11H2,1-2H3. The summed E-state index contributed by atoms with van der Waals surface area (Å²) >= 11 is 0. The highest BCUT2D eigenvalue weighted by Crippen LogP contribution is 2.32. The van der Waals surface area contributed by atoms with Crippen molar-refractivity contribution < 1.29 is 16.8 Å². The summed E-state index contributed by atoms with van der Waals surface area (Å²) < 4.78 is 47.6. The first-order valence-electron chi connectivity index (χ1n) is 8.15. The van der Waals surface area contributed by atoms with E-state index in [1.165, 1.54) is 0 Å². The Hall–Kier alpha value is -0.100. The normalized spacial score (nSPS) is 33.8. The lowest BCUT2D eigenvalue weighted by molar-refractivity contribution is 0.388. The van der Waals surface area contributed by atoms with E-state index in [2.05, 4.69) is 6.92 Å². The molecule has 0 aromatic carbocycles. The van der Waals surface area contributed by atoms with Crippen LogP contribution in [0.1, 0.15) is 58.8 Å². The van der Waals surface area contributed by atoms with Crippen LogP contribution in [-0.2, 0) is 19.7 Å². The van der Waals surface area contributed by atoms with E-state index in [1.807, 2.05) is 6.92 Å². The molecule has 0 N–H and O–H groups in total. The molecule has 6 heteroatoms. The summed E-state index contributed by atoms with van der Waals surface area (Å²) in [5, 5.41) is -0.321. The SMILES string of the molecule is CC(CCC(C)C1CCCS1(=O)=O)CC1CCCS1(=O)=O. The summed E-state index contributed by atoms with van der Waals surface area (Å²) in [5.41, 5.74) is 0. The summed E-state index contributed by atoms with van der Waals surface area (Å²) in [5.74, 6) is 1.24. The molecule has 0 aromatic rings. The molecule has 0 aromatic heterocycles. The van der Waals surface area contributed by atoms with Crippen molar-refractivity contribution in [3.8, 4) is 0 Å². The number of rotatable bonds is 6. The van der Waals surface area contributed by atoms with Crippen molar-refractivity contribution in [3.05, 3.63) is 0 Å². The molecule has 2 saturated heterocycles. The van der Waals surface area contributed by atoms with Gasteiger partial charge in [0.2, 0.25) is 0 Å². The van der Waals surface area contributed by atoms with Gasteiger partial charge in [-0.1, -0.05) is 20.3 Å². The zero-order valence-electron chi connectivity index (χ0n) is 13.1. The van der Waals surface area contributed by atoms with Crippen molar-refractivity contribution in [3.63, 3.8) is 0 Å². The van der Waals surface area contributed by atoms with Crippen LogP contribution in [-0.4, -0.2) is 38.8 Å². The van der Waals surface area contributed by atoms with Crippen LogP contribution in [0.3, 0.4) is 0 Å². The third-order valence-corrected chi connectivity index (χ3v) is 10.0. The largest absolute Gasteiger partial charge is 0.229 e. The molecule has 4 atom stereocenters. The molecule has 0 amide bonds. The molecule has 124 valence electrons. The highest BCUT2D eigenvalue weighted by atomic mass is 32.2. The Morgan fingerprint density at radius 3 is 2.05 bits per heavy atom. The predicted octanol–water partition coefficient (Wildman–Crippen LogP) is 2.58. The first kappa shape index (κ1) is 17.3. The minimum atomic E-state index is -2.87. The number of hydrogen-bond donors (Lipinski definition) is 0. The maximum atomic E-state index is 11.9. The molecule has 2 aliphatic heterocycles. The fourth-order valence-corrected chi connectivity index (χ4v) is 8.17. The summed E-state index contributed by atoms with van der Waals surface area (Å²) in [6, 6.07) is 0. The molecule has 4 unspecified atom stereocenters. The Kier molecular flexibility index (Phi) is 5.40. The Morgan fingerprint density at radius 2 is 1.52 bits per heavy atom. The Balaban J connectivity index is 1.80. The van der Waals surface area contributed by atoms with Gasteiger partial charge in [0.1, 0.15) is 0 Å². The van der Waals surface area contributed by atoms with Crippen LogP contribution in [0.4, 0.5) is 0 Å². The Labute approximate surface area is 129 Å². The molecule has 21 heavy (non-hydrogen) atoms. The van der Waals surface area contributed by atoms with E-state index in [0.29, 0.717) is 17.4 Å². The highest BCUT2D eigenvalue weighted by Gasteiger charge is 2.36. The van der Waals surface area contributed by atoms with Crippen molar-refractivity contribution in [2.24, 2.45) is 11.8 Å². The van der Waals surface area contributed by atoms with E-state index in [1.54, 1.807) is 0 Å². The minimum Gasteiger partial charge on any atom is -0.229 e. The molecule has 2 aliphatic rings. The molecule has 0 saturated carbocycles. The summed E-state index contributed by atoms with van der Waals surface area (Å²) in [6.45, 7) is 4.14. The molecule has 4 nitrogen and oxygen atoms in total. The highest BCUT2D eigenvalue weighted by molar-refractivity contribution is 7.92. The van der Waals surface area contributed by atoms with Crippen molar-refractivity contribution in [2.45, 2.75) is 69.3 Å². The van der Waals surface area contributed by atoms with Gasteiger partial charge in [0, 0.05) is 0 Å². The summed E-state index contributed by atoms with van der Waals surface area (Å²) in [6.07, 6.45) is 5.77. The second-order valence-corrected chi connectivity index (χ2v) is 11.8. The van der Waals surface area contributed by atoms with E-state index in [0.717, 1.165) is 44.9 Å². The lowest BCUT2D eigenvalue weighted by atomic mass is 9.91. The third-order valence-electron chi connectivity index (χ3n) is 5.26.